The molecule has 14 N–H and O–H groups in total. The average Bonchev–Trinajstić information content (AvgIpc) is 0.762. The molecule has 23 nitrogen and oxygen atoms in total. The Labute approximate surface area is 562 Å². The Morgan fingerprint density at radius 3 is 1.51 bits per heavy atom. The molecule has 0 aromatic rings. The fraction of sp³-hybridized carbons (Fsp3) is 0.901. The van der Waals surface area contributed by atoms with E-state index < -0.39 is 148 Å². The third-order valence-electron chi connectivity index (χ3n) is 18.7. The summed E-state index contributed by atoms with van der Waals surface area (Å²) < 4.78 is 34.9. The van der Waals surface area contributed by atoms with E-state index in [4.69, 9.17) is 28.4 Å². The zero-order valence-corrected chi connectivity index (χ0v) is 57.6. The Morgan fingerprint density at radius 1 is 0.553 bits per heavy atom. The van der Waals surface area contributed by atoms with Gasteiger partial charge >= 0.3 is 5.97 Å². The monoisotopic (exact) mass is 1350 g/mol. The molecule has 23 heteroatoms. The molecule has 3 rings (SSSR count). The molecule has 0 aliphatic carbocycles. The summed E-state index contributed by atoms with van der Waals surface area (Å²) in [5.41, 5.74) is 0. The van der Waals surface area contributed by atoms with Crippen molar-refractivity contribution in [1.29, 1.82) is 0 Å². The first-order valence-corrected chi connectivity index (χ1v) is 36.7. The number of carbonyl (C=O) groups excluding carboxylic acids is 2. The first-order chi connectivity index (χ1) is 45.4. The highest BCUT2D eigenvalue weighted by molar-refractivity contribution is 5.77. The number of hydrogen-bond acceptors (Lipinski definition) is 20. The largest absolute Gasteiger partial charge is 0.477 e. The molecule has 3 saturated heterocycles. The number of nitrogens with one attached hydrogen (secondary N) is 2. The lowest BCUT2D eigenvalue weighted by Crippen LogP contribution is -2.70. The van der Waals surface area contributed by atoms with Crippen molar-refractivity contribution in [2.75, 3.05) is 26.4 Å². The van der Waals surface area contributed by atoms with Crippen LogP contribution in [0.5, 0.6) is 0 Å². The summed E-state index contributed by atoms with van der Waals surface area (Å²) in [6.45, 7) is 2.19. The minimum Gasteiger partial charge on any atom is -0.477 e. The van der Waals surface area contributed by atoms with E-state index in [1.54, 1.807) is 0 Å². The SMILES string of the molecule is CCCCC/C=C\C/C=C\CCCCCCCCCC(=O)NC(COC1OC(CO)C(OC2OC(CO)C(O)C(OC3(C(=O)O)CC(O)C(NC(C)=O)C(C(O)C(O)CO)O3)C2O)C(O)C1O)C(O)CCCCCCCCCCCCCCCCCCCCCCCCC. The summed E-state index contributed by atoms with van der Waals surface area (Å²) in [7, 11) is 0. The second-order valence-electron chi connectivity index (χ2n) is 26.8. The molecule has 0 bridgehead atoms. The summed E-state index contributed by atoms with van der Waals surface area (Å²) in [4.78, 5) is 38.6. The van der Waals surface area contributed by atoms with Gasteiger partial charge in [0.05, 0.1) is 50.7 Å². The van der Waals surface area contributed by atoms with Crippen molar-refractivity contribution in [3.05, 3.63) is 24.3 Å². The molecule has 3 heterocycles. The van der Waals surface area contributed by atoms with Crippen LogP contribution in [0, 0.1) is 0 Å². The number of aliphatic hydroxyl groups is 11. The lowest BCUT2D eigenvalue weighted by atomic mass is 9.88. The van der Waals surface area contributed by atoms with E-state index in [9.17, 15) is 75.7 Å². The fourth-order valence-electron chi connectivity index (χ4n) is 12.8. The second-order valence-corrected chi connectivity index (χ2v) is 26.8. The van der Waals surface area contributed by atoms with Crippen LogP contribution >= 0.6 is 0 Å². The normalized spacial score (nSPS) is 28.0. The molecule has 0 saturated carbocycles. The van der Waals surface area contributed by atoms with Crippen LogP contribution < -0.4 is 10.6 Å². The van der Waals surface area contributed by atoms with Crippen LogP contribution in [-0.4, -0.2) is 215 Å². The molecule has 0 aromatic carbocycles. The average molecular weight is 1350 g/mol. The molecule has 550 valence electrons. The van der Waals surface area contributed by atoms with Gasteiger partial charge in [-0.1, -0.05) is 231 Å². The number of aliphatic carboxylic acids is 1. The highest BCUT2D eigenvalue weighted by Gasteiger charge is 2.60. The quantitative estimate of drug-likeness (QED) is 0.0205. The number of carbonyl (C=O) groups is 3. The Balaban J connectivity index is 1.56. The minimum absolute atomic E-state index is 0.215. The van der Waals surface area contributed by atoms with Crippen molar-refractivity contribution in [3.63, 3.8) is 0 Å². The van der Waals surface area contributed by atoms with E-state index in [2.05, 4.69) is 48.8 Å². The van der Waals surface area contributed by atoms with Crippen LogP contribution in [0.2, 0.25) is 0 Å². The Morgan fingerprint density at radius 2 is 1.02 bits per heavy atom. The van der Waals surface area contributed by atoms with Crippen LogP contribution in [0.25, 0.3) is 0 Å². The van der Waals surface area contributed by atoms with E-state index >= 15 is 0 Å². The number of unbranched alkanes of at least 4 members (excludes halogenated alkanes) is 32. The van der Waals surface area contributed by atoms with Crippen LogP contribution in [0.1, 0.15) is 271 Å². The van der Waals surface area contributed by atoms with Crippen molar-refractivity contribution < 1.29 is 104 Å². The van der Waals surface area contributed by atoms with Gasteiger partial charge < -0.3 is 100 Å². The number of aliphatic hydroxyl groups excluding tert-OH is 11. The molecule has 0 spiro atoms. The molecule has 3 aliphatic rings. The van der Waals surface area contributed by atoms with Gasteiger partial charge in [-0.25, -0.2) is 4.79 Å². The topological polar surface area (TPSA) is 373 Å². The highest BCUT2D eigenvalue weighted by atomic mass is 16.8. The summed E-state index contributed by atoms with van der Waals surface area (Å²) in [6, 6.07) is -2.54. The number of hydrogen-bond donors (Lipinski definition) is 14. The predicted octanol–water partition coefficient (Wildman–Crippen LogP) is 7.62. The van der Waals surface area contributed by atoms with E-state index in [0.717, 1.165) is 90.4 Å². The standard InChI is InChI=1S/C71H130N2O21/c1-4-6-8-10-12-14-16-18-20-22-23-24-25-26-27-29-30-32-34-36-38-40-42-44-53(78)52(73-58(81)45-43-41-39-37-35-33-31-28-21-19-17-15-13-11-9-7-5-2)50-89-68-63(85)62(84)65(57(49-76)91-68)92-69-64(86)67(61(83)56(48-75)90-69)94-71(70(87)88)46-54(79)59(72-51(3)77)66(93-71)60(82)55(80)47-74/h13,15,19,21,52-57,59-69,74-76,78-80,82-86H,4-12,14,16-18,20,22-50H2,1-3H3,(H,72,77)(H,73,81)(H,87,88)/b15-13-,21-19-. The third-order valence-corrected chi connectivity index (χ3v) is 18.7. The maximum absolute atomic E-state index is 13.5. The summed E-state index contributed by atoms with van der Waals surface area (Å²) >= 11 is 0. The maximum atomic E-state index is 13.5. The number of ether oxygens (including phenoxy) is 6. The Bertz CT molecular complexity index is 1990. The van der Waals surface area contributed by atoms with Gasteiger partial charge in [-0.05, 0) is 44.9 Å². The van der Waals surface area contributed by atoms with E-state index in [1.807, 2.05) is 0 Å². The van der Waals surface area contributed by atoms with Gasteiger partial charge in [-0.2, -0.15) is 0 Å². The van der Waals surface area contributed by atoms with Gasteiger partial charge in [-0.15, -0.1) is 0 Å². The van der Waals surface area contributed by atoms with Gasteiger partial charge in [0.15, 0.2) is 12.6 Å². The maximum Gasteiger partial charge on any atom is 0.364 e. The van der Waals surface area contributed by atoms with Crippen LogP contribution in [-0.2, 0) is 42.8 Å². The molecule has 3 aliphatic heterocycles. The van der Waals surface area contributed by atoms with Crippen molar-refractivity contribution in [2.45, 2.75) is 381 Å². The molecular weight excluding hydrogens is 1220 g/mol. The Kier molecular flexibility index (Phi) is 46.7. The number of carboxylic acid groups (broad SMARTS) is 1. The molecule has 0 aromatic heterocycles. The fourth-order valence-corrected chi connectivity index (χ4v) is 12.8. The van der Waals surface area contributed by atoms with Crippen LogP contribution in [0.15, 0.2) is 24.3 Å². The predicted molar refractivity (Wildman–Crippen MR) is 357 cm³/mol. The summed E-state index contributed by atoms with van der Waals surface area (Å²) in [6.07, 6.45) is 23.1. The smallest absolute Gasteiger partial charge is 0.364 e. The van der Waals surface area contributed by atoms with Crippen molar-refractivity contribution in [2.24, 2.45) is 0 Å². The van der Waals surface area contributed by atoms with Gasteiger partial charge in [0.1, 0.15) is 67.1 Å². The van der Waals surface area contributed by atoms with Crippen molar-refractivity contribution in [3.8, 4) is 0 Å². The lowest BCUT2D eigenvalue weighted by molar-refractivity contribution is -0.386. The van der Waals surface area contributed by atoms with Gasteiger partial charge in [-0.3, -0.25) is 9.59 Å². The number of rotatable bonds is 56. The highest BCUT2D eigenvalue weighted by Crippen LogP contribution is 2.39. The number of amides is 2. The molecule has 18 unspecified atom stereocenters. The molecule has 0 radical (unpaired) electrons. The second kappa shape index (κ2) is 51.4. The molecular formula is C71H130N2O21. The number of carboxylic acids is 1. The summed E-state index contributed by atoms with van der Waals surface area (Å²) in [5, 5.41) is 136. The van der Waals surface area contributed by atoms with Crippen LogP contribution in [0.4, 0.5) is 0 Å². The summed E-state index contributed by atoms with van der Waals surface area (Å²) in [5.74, 6) is -6.11. The Hall–Kier alpha value is -2.79. The van der Waals surface area contributed by atoms with Crippen molar-refractivity contribution >= 4 is 17.8 Å². The van der Waals surface area contributed by atoms with E-state index in [1.165, 1.54) is 135 Å². The van der Waals surface area contributed by atoms with E-state index in [-0.39, 0.29) is 18.9 Å². The van der Waals surface area contributed by atoms with Crippen molar-refractivity contribution in [1.82, 2.24) is 10.6 Å². The zero-order valence-electron chi connectivity index (χ0n) is 57.6. The third kappa shape index (κ3) is 32.9. The van der Waals surface area contributed by atoms with Gasteiger partial charge in [0.2, 0.25) is 11.8 Å². The first-order valence-electron chi connectivity index (χ1n) is 36.7. The number of allylic oxidation sites excluding steroid dienone is 4. The molecule has 2 amide bonds. The molecule has 18 atom stereocenters. The zero-order chi connectivity index (χ0) is 68.9. The van der Waals surface area contributed by atoms with Gasteiger partial charge in [0, 0.05) is 19.8 Å². The minimum atomic E-state index is -3.08. The molecule has 3 fully saturated rings. The lowest BCUT2D eigenvalue weighted by Gasteiger charge is -2.50. The van der Waals surface area contributed by atoms with Gasteiger partial charge in [0.25, 0.3) is 5.79 Å². The first kappa shape index (κ1) is 85.4. The molecule has 94 heavy (non-hydrogen) atoms. The van der Waals surface area contributed by atoms with E-state index in [0.29, 0.717) is 19.3 Å². The van der Waals surface area contributed by atoms with Crippen LogP contribution in [0.3, 0.4) is 0 Å².